The smallest absolute Gasteiger partial charge is 0.234 e. The summed E-state index contributed by atoms with van der Waals surface area (Å²) < 4.78 is 46.6. The first-order valence-corrected chi connectivity index (χ1v) is 2.57. The summed E-state index contributed by atoms with van der Waals surface area (Å²) in [6, 6.07) is 0. The maximum atomic E-state index is 12.2. The zero-order valence-electron chi connectivity index (χ0n) is 5.22. The Bertz CT molecular complexity index is 91.6. The second kappa shape index (κ2) is 2.15. The van der Waals surface area contributed by atoms with Crippen molar-refractivity contribution >= 4 is 0 Å². The van der Waals surface area contributed by atoms with E-state index in [-0.39, 0.29) is 0 Å². The van der Waals surface area contributed by atoms with E-state index in [0.29, 0.717) is 6.92 Å². The van der Waals surface area contributed by atoms with Crippen LogP contribution in [0.5, 0.6) is 0 Å². The van der Waals surface area contributed by atoms with Gasteiger partial charge in [-0.25, -0.2) is 4.39 Å². The lowest BCUT2D eigenvalue weighted by Gasteiger charge is -2.20. The Balaban J connectivity index is 4.14. The highest BCUT2D eigenvalue weighted by Crippen LogP contribution is 2.35. The van der Waals surface area contributed by atoms with Crippen molar-refractivity contribution in [3.8, 4) is 0 Å². The summed E-state index contributed by atoms with van der Waals surface area (Å²) in [6.45, 7) is 1.69. The van der Waals surface area contributed by atoms with Crippen LogP contribution in [0.4, 0.5) is 17.6 Å². The number of hydrogen-bond acceptors (Lipinski definition) is 0. The third-order valence-corrected chi connectivity index (χ3v) is 1.26. The van der Waals surface area contributed by atoms with Gasteiger partial charge in [0.25, 0.3) is 0 Å². The van der Waals surface area contributed by atoms with Crippen molar-refractivity contribution in [1.29, 1.82) is 0 Å². The van der Waals surface area contributed by atoms with E-state index in [1.165, 1.54) is 0 Å². The first-order chi connectivity index (χ1) is 3.81. The largest absolute Gasteiger partial charge is 0.422 e. The van der Waals surface area contributed by atoms with E-state index < -0.39 is 18.3 Å². The molecular weight excluding hydrogens is 136 g/mol. The number of alkyl halides is 4. The predicted molar refractivity (Wildman–Crippen MR) is 25.9 cm³/mol. The van der Waals surface area contributed by atoms with Crippen molar-refractivity contribution in [2.75, 3.05) is 0 Å². The molecule has 0 bridgehead atoms. The van der Waals surface area contributed by atoms with Crippen molar-refractivity contribution in [3.05, 3.63) is 0 Å². The maximum Gasteiger partial charge on any atom is 0.422 e. The van der Waals surface area contributed by atoms with Gasteiger partial charge in [0, 0.05) is 0 Å². The molecule has 0 saturated carbocycles. The van der Waals surface area contributed by atoms with Crippen molar-refractivity contribution in [2.45, 2.75) is 32.1 Å². The molecule has 0 radical (unpaired) electrons. The third kappa shape index (κ3) is 1.84. The van der Waals surface area contributed by atoms with E-state index in [4.69, 9.17) is 0 Å². The van der Waals surface area contributed by atoms with Gasteiger partial charge in [0.05, 0.1) is 0 Å². The molecule has 0 rings (SSSR count). The van der Waals surface area contributed by atoms with Crippen LogP contribution < -0.4 is 0 Å². The van der Waals surface area contributed by atoms with E-state index in [1.807, 2.05) is 0 Å². The van der Waals surface area contributed by atoms with Gasteiger partial charge in [-0.3, -0.25) is 0 Å². The van der Waals surface area contributed by atoms with Crippen LogP contribution in [-0.2, 0) is 0 Å². The Kier molecular flexibility index (Phi) is 2.09. The summed E-state index contributed by atoms with van der Waals surface area (Å²) in [5.41, 5.74) is -3.02. The molecule has 0 fully saturated rings. The summed E-state index contributed by atoms with van der Waals surface area (Å²) in [6.07, 6.45) is -5.25. The molecule has 0 nitrogen and oxygen atoms in total. The van der Waals surface area contributed by atoms with E-state index in [9.17, 15) is 17.6 Å². The van der Waals surface area contributed by atoms with Crippen LogP contribution >= 0.6 is 0 Å². The Morgan fingerprint density at radius 1 is 1.11 bits per heavy atom. The SMILES string of the molecule is CC[C@@](C)(F)C(F)(F)F. The van der Waals surface area contributed by atoms with Crippen LogP contribution in [0.15, 0.2) is 0 Å². The Morgan fingerprint density at radius 3 is 1.44 bits per heavy atom. The monoisotopic (exact) mass is 144 g/mol. The van der Waals surface area contributed by atoms with Gasteiger partial charge in [-0.2, -0.15) is 13.2 Å². The number of hydrogen-bond donors (Lipinski definition) is 0. The third-order valence-electron chi connectivity index (χ3n) is 1.26. The molecule has 0 aromatic heterocycles. The molecule has 0 saturated heterocycles. The van der Waals surface area contributed by atoms with Crippen LogP contribution in [0.1, 0.15) is 20.3 Å². The van der Waals surface area contributed by atoms with Crippen molar-refractivity contribution in [3.63, 3.8) is 0 Å². The van der Waals surface area contributed by atoms with E-state index >= 15 is 0 Å². The molecule has 0 aliphatic heterocycles. The molecule has 0 N–H and O–H groups in total. The summed E-state index contributed by atoms with van der Waals surface area (Å²) in [5.74, 6) is 0. The standard InChI is InChI=1S/C5H8F4/c1-3-4(2,6)5(7,8)9/h3H2,1-2H3/t4-/m1/s1. The fourth-order valence-corrected chi connectivity index (χ4v) is 0.200. The molecule has 1 atom stereocenters. The summed E-state index contributed by atoms with van der Waals surface area (Å²) >= 11 is 0. The van der Waals surface area contributed by atoms with Crippen LogP contribution in [0.2, 0.25) is 0 Å². The maximum absolute atomic E-state index is 12.2. The molecule has 56 valence electrons. The molecule has 9 heavy (non-hydrogen) atoms. The van der Waals surface area contributed by atoms with E-state index in [1.54, 1.807) is 0 Å². The molecular formula is C5H8F4. The highest BCUT2D eigenvalue weighted by atomic mass is 19.4. The van der Waals surface area contributed by atoms with Gasteiger partial charge in [-0.1, -0.05) is 6.92 Å². The topological polar surface area (TPSA) is 0 Å². The summed E-state index contributed by atoms with van der Waals surface area (Å²) in [4.78, 5) is 0. The first-order valence-electron chi connectivity index (χ1n) is 2.57. The van der Waals surface area contributed by atoms with Gasteiger partial charge in [0.2, 0.25) is 5.67 Å². The zero-order chi connectivity index (χ0) is 7.71. The molecule has 0 aromatic rings. The fourth-order valence-electron chi connectivity index (χ4n) is 0.200. The molecule has 0 amide bonds. The molecule has 0 aromatic carbocycles. The Labute approximate surface area is 50.9 Å². The predicted octanol–water partition coefficient (Wildman–Crippen LogP) is 2.69. The average Bonchev–Trinajstić information content (AvgIpc) is 1.64. The number of rotatable bonds is 1. The van der Waals surface area contributed by atoms with Gasteiger partial charge >= 0.3 is 6.18 Å². The minimum absolute atomic E-state index is 0.531. The van der Waals surface area contributed by atoms with Gasteiger partial charge in [0.1, 0.15) is 0 Å². The van der Waals surface area contributed by atoms with Crippen LogP contribution in [0.25, 0.3) is 0 Å². The minimum atomic E-state index is -4.72. The Morgan fingerprint density at radius 2 is 1.44 bits per heavy atom. The summed E-state index contributed by atoms with van der Waals surface area (Å²) in [5, 5.41) is 0. The normalized spacial score (nSPS) is 19.3. The fraction of sp³-hybridized carbons (Fsp3) is 1.00. The van der Waals surface area contributed by atoms with Crippen LogP contribution in [0, 0.1) is 0 Å². The highest BCUT2D eigenvalue weighted by molar-refractivity contribution is 4.79. The van der Waals surface area contributed by atoms with Gasteiger partial charge in [0.15, 0.2) is 0 Å². The van der Waals surface area contributed by atoms with Gasteiger partial charge in [-0.05, 0) is 13.3 Å². The van der Waals surface area contributed by atoms with Gasteiger partial charge in [-0.15, -0.1) is 0 Å². The quantitative estimate of drug-likeness (QED) is 0.496. The van der Waals surface area contributed by atoms with Crippen LogP contribution in [-0.4, -0.2) is 11.8 Å². The molecule has 0 aliphatic rings. The zero-order valence-corrected chi connectivity index (χ0v) is 5.22. The van der Waals surface area contributed by atoms with Crippen molar-refractivity contribution in [2.24, 2.45) is 0 Å². The lowest BCUT2D eigenvalue weighted by molar-refractivity contribution is -0.224. The molecule has 0 aliphatic carbocycles. The first kappa shape index (κ1) is 8.72. The van der Waals surface area contributed by atoms with E-state index in [0.717, 1.165) is 6.92 Å². The van der Waals surface area contributed by atoms with Crippen LogP contribution in [0.3, 0.4) is 0 Å². The lowest BCUT2D eigenvalue weighted by Crippen LogP contribution is -2.36. The number of halogens is 4. The second-order valence-corrected chi connectivity index (χ2v) is 2.05. The minimum Gasteiger partial charge on any atom is -0.234 e. The molecule has 4 heteroatoms. The molecule has 0 heterocycles. The molecule has 0 spiro atoms. The highest BCUT2D eigenvalue weighted by Gasteiger charge is 2.50. The van der Waals surface area contributed by atoms with Gasteiger partial charge < -0.3 is 0 Å². The lowest BCUT2D eigenvalue weighted by atomic mass is 10.1. The van der Waals surface area contributed by atoms with Crippen molar-refractivity contribution in [1.82, 2.24) is 0 Å². The average molecular weight is 144 g/mol. The summed E-state index contributed by atoms with van der Waals surface area (Å²) in [7, 11) is 0. The second-order valence-electron chi connectivity index (χ2n) is 2.05. The molecule has 0 unspecified atom stereocenters. The Hall–Kier alpha value is -0.280. The van der Waals surface area contributed by atoms with E-state index in [2.05, 4.69) is 0 Å². The van der Waals surface area contributed by atoms with Crippen molar-refractivity contribution < 1.29 is 17.6 Å².